The summed E-state index contributed by atoms with van der Waals surface area (Å²) in [5.74, 6) is 0. The van der Waals surface area contributed by atoms with Gasteiger partial charge < -0.3 is 5.11 Å². The standard InChI is InChI=1S/C18H22O/c1-4-5-15-7-10-16(11-8-15)18(19)17-9-6-13(2)14(3)12-17/h6-12,18-19H,4-5H2,1-3H3. The summed E-state index contributed by atoms with van der Waals surface area (Å²) >= 11 is 0. The maximum absolute atomic E-state index is 10.4. The fraction of sp³-hybridized carbons (Fsp3) is 0.333. The predicted molar refractivity (Wildman–Crippen MR) is 80.4 cm³/mol. The lowest BCUT2D eigenvalue weighted by Gasteiger charge is -2.13. The molecule has 0 saturated heterocycles. The molecule has 0 radical (unpaired) electrons. The number of hydrogen-bond donors (Lipinski definition) is 1. The second-order valence-corrected chi connectivity index (χ2v) is 5.24. The first-order valence-electron chi connectivity index (χ1n) is 6.96. The molecule has 1 heteroatoms. The molecular weight excluding hydrogens is 232 g/mol. The smallest absolute Gasteiger partial charge is 0.104 e. The highest BCUT2D eigenvalue weighted by Crippen LogP contribution is 2.24. The predicted octanol–water partition coefficient (Wildman–Crippen LogP) is 4.34. The summed E-state index contributed by atoms with van der Waals surface area (Å²) in [6.07, 6.45) is 1.72. The van der Waals surface area contributed by atoms with Crippen molar-refractivity contribution in [2.75, 3.05) is 0 Å². The maximum Gasteiger partial charge on any atom is 0.104 e. The summed E-state index contributed by atoms with van der Waals surface area (Å²) < 4.78 is 0. The Labute approximate surface area is 115 Å². The highest BCUT2D eigenvalue weighted by atomic mass is 16.3. The summed E-state index contributed by atoms with van der Waals surface area (Å²) in [5, 5.41) is 10.4. The molecule has 0 heterocycles. The van der Waals surface area contributed by atoms with Gasteiger partial charge >= 0.3 is 0 Å². The number of aliphatic hydroxyl groups excluding tert-OH is 1. The quantitative estimate of drug-likeness (QED) is 0.860. The van der Waals surface area contributed by atoms with Crippen molar-refractivity contribution in [3.05, 3.63) is 70.3 Å². The van der Waals surface area contributed by atoms with Crippen LogP contribution in [0.4, 0.5) is 0 Å². The Kier molecular flexibility index (Phi) is 4.39. The van der Waals surface area contributed by atoms with E-state index in [0.717, 1.165) is 24.0 Å². The van der Waals surface area contributed by atoms with Gasteiger partial charge in [0.25, 0.3) is 0 Å². The molecule has 0 aliphatic heterocycles. The Hall–Kier alpha value is -1.60. The Morgan fingerprint density at radius 1 is 0.895 bits per heavy atom. The van der Waals surface area contributed by atoms with Crippen LogP contribution >= 0.6 is 0 Å². The first kappa shape index (κ1) is 13.8. The van der Waals surface area contributed by atoms with Crippen molar-refractivity contribution < 1.29 is 5.11 Å². The third kappa shape index (κ3) is 3.24. The van der Waals surface area contributed by atoms with Crippen LogP contribution in [0.15, 0.2) is 42.5 Å². The van der Waals surface area contributed by atoms with Crippen LogP contribution in [0.2, 0.25) is 0 Å². The zero-order chi connectivity index (χ0) is 13.8. The minimum Gasteiger partial charge on any atom is -0.384 e. The molecular formula is C18H22O. The number of hydrogen-bond acceptors (Lipinski definition) is 1. The second-order valence-electron chi connectivity index (χ2n) is 5.24. The molecule has 1 atom stereocenters. The van der Waals surface area contributed by atoms with E-state index < -0.39 is 6.10 Å². The third-order valence-corrected chi connectivity index (χ3v) is 3.68. The van der Waals surface area contributed by atoms with Crippen molar-refractivity contribution in [1.82, 2.24) is 0 Å². The number of rotatable bonds is 4. The van der Waals surface area contributed by atoms with Gasteiger partial charge in [-0.3, -0.25) is 0 Å². The van der Waals surface area contributed by atoms with Gasteiger partial charge in [0.2, 0.25) is 0 Å². The van der Waals surface area contributed by atoms with Gasteiger partial charge in [0, 0.05) is 0 Å². The van der Waals surface area contributed by atoms with Crippen LogP contribution in [0.25, 0.3) is 0 Å². The molecule has 0 aromatic heterocycles. The van der Waals surface area contributed by atoms with Crippen molar-refractivity contribution in [3.8, 4) is 0 Å². The highest BCUT2D eigenvalue weighted by molar-refractivity contribution is 5.36. The average Bonchev–Trinajstić information content (AvgIpc) is 2.42. The molecule has 2 aromatic rings. The Morgan fingerprint density at radius 3 is 2.11 bits per heavy atom. The van der Waals surface area contributed by atoms with Gasteiger partial charge in [-0.05, 0) is 48.1 Å². The van der Waals surface area contributed by atoms with Crippen molar-refractivity contribution in [2.24, 2.45) is 0 Å². The molecule has 1 N–H and O–H groups in total. The fourth-order valence-electron chi connectivity index (χ4n) is 2.28. The molecule has 19 heavy (non-hydrogen) atoms. The van der Waals surface area contributed by atoms with Crippen LogP contribution in [-0.4, -0.2) is 5.11 Å². The number of aliphatic hydroxyl groups is 1. The first-order chi connectivity index (χ1) is 9.11. The lowest BCUT2D eigenvalue weighted by molar-refractivity contribution is 0.220. The molecule has 0 saturated carbocycles. The summed E-state index contributed by atoms with van der Waals surface area (Å²) in [5.41, 5.74) is 5.74. The van der Waals surface area contributed by atoms with E-state index >= 15 is 0 Å². The normalized spacial score (nSPS) is 12.4. The molecule has 0 spiro atoms. The van der Waals surface area contributed by atoms with Crippen LogP contribution in [0.3, 0.4) is 0 Å². The highest BCUT2D eigenvalue weighted by Gasteiger charge is 2.10. The number of aryl methyl sites for hydroxylation is 3. The fourth-order valence-corrected chi connectivity index (χ4v) is 2.28. The van der Waals surface area contributed by atoms with Crippen LogP contribution in [0.1, 0.15) is 47.3 Å². The van der Waals surface area contributed by atoms with Crippen LogP contribution < -0.4 is 0 Å². The lowest BCUT2D eigenvalue weighted by atomic mass is 9.97. The van der Waals surface area contributed by atoms with E-state index in [0.29, 0.717) is 0 Å². The van der Waals surface area contributed by atoms with E-state index in [1.54, 1.807) is 0 Å². The molecule has 0 fully saturated rings. The average molecular weight is 254 g/mol. The molecule has 0 aliphatic rings. The van der Waals surface area contributed by atoms with Crippen molar-refractivity contribution in [2.45, 2.75) is 39.7 Å². The summed E-state index contributed by atoms with van der Waals surface area (Å²) in [6.45, 7) is 6.35. The van der Waals surface area contributed by atoms with E-state index in [-0.39, 0.29) is 0 Å². The van der Waals surface area contributed by atoms with Gasteiger partial charge in [0.1, 0.15) is 6.10 Å². The van der Waals surface area contributed by atoms with Gasteiger partial charge in [0.15, 0.2) is 0 Å². The minimum absolute atomic E-state index is 0.532. The first-order valence-corrected chi connectivity index (χ1v) is 6.96. The van der Waals surface area contributed by atoms with Gasteiger partial charge in [-0.2, -0.15) is 0 Å². The SMILES string of the molecule is CCCc1ccc(C(O)c2ccc(C)c(C)c2)cc1. The topological polar surface area (TPSA) is 20.2 Å². The Bertz CT molecular complexity index is 540. The van der Waals surface area contributed by atoms with E-state index in [2.05, 4.69) is 45.0 Å². The van der Waals surface area contributed by atoms with Gasteiger partial charge in [-0.15, -0.1) is 0 Å². The molecule has 100 valence electrons. The molecule has 1 nitrogen and oxygen atoms in total. The summed E-state index contributed by atoms with van der Waals surface area (Å²) in [6, 6.07) is 14.4. The summed E-state index contributed by atoms with van der Waals surface area (Å²) in [7, 11) is 0. The molecule has 2 rings (SSSR count). The zero-order valence-electron chi connectivity index (χ0n) is 12.0. The third-order valence-electron chi connectivity index (χ3n) is 3.68. The van der Waals surface area contributed by atoms with Crippen molar-refractivity contribution in [3.63, 3.8) is 0 Å². The lowest BCUT2D eigenvalue weighted by Crippen LogP contribution is -2.00. The van der Waals surface area contributed by atoms with E-state index in [1.807, 2.05) is 18.2 Å². The molecule has 2 aromatic carbocycles. The molecule has 0 amide bonds. The van der Waals surface area contributed by atoms with Crippen molar-refractivity contribution in [1.29, 1.82) is 0 Å². The van der Waals surface area contributed by atoms with E-state index in [9.17, 15) is 5.11 Å². The Morgan fingerprint density at radius 2 is 1.53 bits per heavy atom. The molecule has 1 unspecified atom stereocenters. The molecule has 0 bridgehead atoms. The van der Waals surface area contributed by atoms with Gasteiger partial charge in [0.05, 0.1) is 0 Å². The minimum atomic E-state index is -0.532. The monoisotopic (exact) mass is 254 g/mol. The van der Waals surface area contributed by atoms with Crippen LogP contribution in [0.5, 0.6) is 0 Å². The molecule has 0 aliphatic carbocycles. The van der Waals surface area contributed by atoms with E-state index in [1.165, 1.54) is 16.7 Å². The van der Waals surface area contributed by atoms with Crippen LogP contribution in [-0.2, 0) is 6.42 Å². The van der Waals surface area contributed by atoms with Gasteiger partial charge in [-0.25, -0.2) is 0 Å². The maximum atomic E-state index is 10.4. The van der Waals surface area contributed by atoms with Gasteiger partial charge in [-0.1, -0.05) is 55.8 Å². The Balaban J connectivity index is 2.22. The zero-order valence-corrected chi connectivity index (χ0v) is 12.0. The largest absolute Gasteiger partial charge is 0.384 e. The van der Waals surface area contributed by atoms with Crippen LogP contribution in [0, 0.1) is 13.8 Å². The number of benzene rings is 2. The second kappa shape index (κ2) is 6.03. The van der Waals surface area contributed by atoms with E-state index in [4.69, 9.17) is 0 Å². The summed E-state index contributed by atoms with van der Waals surface area (Å²) in [4.78, 5) is 0. The van der Waals surface area contributed by atoms with Crippen molar-refractivity contribution >= 4 is 0 Å².